The van der Waals surface area contributed by atoms with Crippen molar-refractivity contribution in [2.75, 3.05) is 17.7 Å². The van der Waals surface area contributed by atoms with Gasteiger partial charge in [-0.2, -0.15) is 0 Å². The van der Waals surface area contributed by atoms with Gasteiger partial charge in [0, 0.05) is 11.8 Å². The third kappa shape index (κ3) is 5.49. The molecule has 110 valence electrons. The highest BCUT2D eigenvalue weighted by atomic mass is 32.2. The molecule has 0 saturated carbocycles. The van der Waals surface area contributed by atoms with Crippen molar-refractivity contribution in [3.05, 3.63) is 41.8 Å². The van der Waals surface area contributed by atoms with E-state index in [0.29, 0.717) is 17.2 Å². The Labute approximate surface area is 129 Å². The van der Waals surface area contributed by atoms with Crippen LogP contribution in [0.4, 0.5) is 5.69 Å². The lowest BCUT2D eigenvalue weighted by atomic mass is 10.3. The molecule has 7 heteroatoms. The lowest BCUT2D eigenvalue weighted by Gasteiger charge is -2.07. The van der Waals surface area contributed by atoms with Gasteiger partial charge in [-0.05, 0) is 23.6 Å². The zero-order valence-corrected chi connectivity index (χ0v) is 12.6. The number of carbonyl (C=O) groups is 2. The number of thioether (sulfide) groups is 1. The molecule has 5 nitrogen and oxygen atoms in total. The summed E-state index contributed by atoms with van der Waals surface area (Å²) < 4.78 is 6.14. The molecule has 0 unspecified atom stereocenters. The highest BCUT2D eigenvalue weighted by molar-refractivity contribution is 8.01. The van der Waals surface area contributed by atoms with E-state index in [9.17, 15) is 9.59 Å². The Morgan fingerprint density at radius 1 is 1.29 bits per heavy atom. The summed E-state index contributed by atoms with van der Waals surface area (Å²) in [5.74, 6) is -0.442. The number of carboxylic acids is 1. The molecule has 1 heterocycles. The average molecular weight is 323 g/mol. The molecule has 0 radical (unpaired) electrons. The van der Waals surface area contributed by atoms with Crippen molar-refractivity contribution in [1.82, 2.24) is 0 Å². The molecule has 21 heavy (non-hydrogen) atoms. The lowest BCUT2D eigenvalue weighted by Crippen LogP contribution is -2.14. The van der Waals surface area contributed by atoms with E-state index in [1.807, 2.05) is 17.5 Å². The normalized spacial score (nSPS) is 10.1. The van der Waals surface area contributed by atoms with Crippen LogP contribution >= 0.6 is 23.1 Å². The number of nitrogens with one attached hydrogen (secondary N) is 1. The molecule has 0 fully saturated rings. The average Bonchev–Trinajstić information content (AvgIpc) is 2.97. The van der Waals surface area contributed by atoms with E-state index >= 15 is 0 Å². The SMILES string of the molecule is O=C(O)COc1cccc(NC(=O)CSc2cccs2)c1. The van der Waals surface area contributed by atoms with E-state index in [0.717, 1.165) is 4.21 Å². The molecule has 0 bridgehead atoms. The van der Waals surface area contributed by atoms with E-state index in [-0.39, 0.29) is 5.91 Å². The summed E-state index contributed by atoms with van der Waals surface area (Å²) in [5, 5.41) is 13.3. The van der Waals surface area contributed by atoms with E-state index in [1.165, 1.54) is 11.8 Å². The van der Waals surface area contributed by atoms with Gasteiger partial charge in [0.25, 0.3) is 0 Å². The third-order valence-electron chi connectivity index (χ3n) is 2.32. The molecule has 0 aliphatic carbocycles. The molecule has 2 aromatic rings. The molecule has 0 saturated heterocycles. The largest absolute Gasteiger partial charge is 0.482 e. The lowest BCUT2D eigenvalue weighted by molar-refractivity contribution is -0.139. The van der Waals surface area contributed by atoms with Gasteiger partial charge in [-0.15, -0.1) is 23.1 Å². The second-order valence-corrected chi connectivity index (χ2v) is 6.20. The zero-order valence-electron chi connectivity index (χ0n) is 10.9. The first kappa shape index (κ1) is 15.4. The standard InChI is InChI=1S/C14H13NO4S2/c16-12(9-21-14-5-2-6-20-14)15-10-3-1-4-11(7-10)19-8-13(17)18/h1-7H,8-9H2,(H,15,16)(H,17,18). The molecule has 1 aromatic heterocycles. The Bertz CT molecular complexity index is 613. The van der Waals surface area contributed by atoms with Crippen LogP contribution in [-0.4, -0.2) is 29.3 Å². The van der Waals surface area contributed by atoms with Crippen molar-refractivity contribution in [2.24, 2.45) is 0 Å². The highest BCUT2D eigenvalue weighted by Crippen LogP contribution is 2.23. The van der Waals surface area contributed by atoms with Crippen LogP contribution in [0.15, 0.2) is 46.0 Å². The maximum absolute atomic E-state index is 11.8. The summed E-state index contributed by atoms with van der Waals surface area (Å²) in [7, 11) is 0. The van der Waals surface area contributed by atoms with Crippen molar-refractivity contribution in [1.29, 1.82) is 0 Å². The Morgan fingerprint density at radius 2 is 2.14 bits per heavy atom. The minimum absolute atomic E-state index is 0.121. The molecule has 1 amide bonds. The van der Waals surface area contributed by atoms with Crippen molar-refractivity contribution in [3.8, 4) is 5.75 Å². The molecule has 1 aromatic carbocycles. The topological polar surface area (TPSA) is 75.6 Å². The Morgan fingerprint density at radius 3 is 2.86 bits per heavy atom. The maximum atomic E-state index is 11.8. The number of hydrogen-bond acceptors (Lipinski definition) is 5. The monoisotopic (exact) mass is 323 g/mol. The van der Waals surface area contributed by atoms with Crippen LogP contribution in [0.2, 0.25) is 0 Å². The second-order valence-electron chi connectivity index (χ2n) is 3.98. The van der Waals surface area contributed by atoms with Crippen LogP contribution in [-0.2, 0) is 9.59 Å². The third-order valence-corrected chi connectivity index (χ3v) is 4.45. The van der Waals surface area contributed by atoms with Crippen LogP contribution in [0.5, 0.6) is 5.75 Å². The Balaban J connectivity index is 1.85. The summed E-state index contributed by atoms with van der Waals surface area (Å²) in [4.78, 5) is 22.3. The molecular weight excluding hydrogens is 310 g/mol. The minimum atomic E-state index is -1.04. The first-order valence-corrected chi connectivity index (χ1v) is 7.91. The second kappa shape index (κ2) is 7.70. The van der Waals surface area contributed by atoms with Crippen LogP contribution in [0.25, 0.3) is 0 Å². The first-order chi connectivity index (χ1) is 10.1. The van der Waals surface area contributed by atoms with E-state index < -0.39 is 12.6 Å². The van der Waals surface area contributed by atoms with Gasteiger partial charge in [0.15, 0.2) is 6.61 Å². The van der Waals surface area contributed by atoms with Gasteiger partial charge >= 0.3 is 5.97 Å². The number of thiophene rings is 1. The predicted molar refractivity (Wildman–Crippen MR) is 83.2 cm³/mol. The van der Waals surface area contributed by atoms with Crippen LogP contribution in [0.3, 0.4) is 0 Å². The zero-order chi connectivity index (χ0) is 15.1. The fraction of sp³-hybridized carbons (Fsp3) is 0.143. The van der Waals surface area contributed by atoms with Gasteiger partial charge in [-0.25, -0.2) is 4.79 Å². The van der Waals surface area contributed by atoms with Crippen molar-refractivity contribution in [2.45, 2.75) is 4.21 Å². The van der Waals surface area contributed by atoms with Gasteiger partial charge in [0.05, 0.1) is 9.96 Å². The molecule has 0 atom stereocenters. The molecule has 2 rings (SSSR count). The number of anilines is 1. The number of rotatable bonds is 7. The fourth-order valence-corrected chi connectivity index (χ4v) is 3.07. The number of aliphatic carboxylic acids is 1. The van der Waals surface area contributed by atoms with Gasteiger partial charge in [-0.1, -0.05) is 12.1 Å². The van der Waals surface area contributed by atoms with Crippen molar-refractivity contribution in [3.63, 3.8) is 0 Å². The number of amides is 1. The van der Waals surface area contributed by atoms with Crippen LogP contribution in [0, 0.1) is 0 Å². The summed E-state index contributed by atoms with van der Waals surface area (Å²) in [5.41, 5.74) is 0.578. The van der Waals surface area contributed by atoms with Crippen molar-refractivity contribution >= 4 is 40.7 Å². The number of benzene rings is 1. The number of carbonyl (C=O) groups excluding carboxylic acids is 1. The molecule has 0 aliphatic rings. The number of ether oxygens (including phenoxy) is 1. The maximum Gasteiger partial charge on any atom is 0.341 e. The van der Waals surface area contributed by atoms with Gasteiger partial charge in [0.1, 0.15) is 5.75 Å². The molecule has 2 N–H and O–H groups in total. The Hall–Kier alpha value is -1.99. The highest BCUT2D eigenvalue weighted by Gasteiger charge is 2.06. The Kier molecular flexibility index (Phi) is 5.65. The van der Waals surface area contributed by atoms with Crippen LogP contribution in [0.1, 0.15) is 0 Å². The number of carboxylic acid groups (broad SMARTS) is 1. The van der Waals surface area contributed by atoms with Crippen molar-refractivity contribution < 1.29 is 19.4 Å². The van der Waals surface area contributed by atoms with E-state index in [2.05, 4.69) is 5.32 Å². The van der Waals surface area contributed by atoms with E-state index in [4.69, 9.17) is 9.84 Å². The minimum Gasteiger partial charge on any atom is -0.482 e. The fourth-order valence-electron chi connectivity index (χ4n) is 1.49. The molecule has 0 spiro atoms. The van der Waals surface area contributed by atoms with E-state index in [1.54, 1.807) is 35.6 Å². The molecular formula is C14H13NO4S2. The predicted octanol–water partition coefficient (Wildman–Crippen LogP) is 2.94. The molecule has 0 aliphatic heterocycles. The first-order valence-electron chi connectivity index (χ1n) is 6.04. The summed E-state index contributed by atoms with van der Waals surface area (Å²) in [6.45, 7) is -0.411. The van der Waals surface area contributed by atoms with Gasteiger partial charge in [-0.3, -0.25) is 4.79 Å². The van der Waals surface area contributed by atoms with Gasteiger partial charge < -0.3 is 15.2 Å². The summed E-state index contributed by atoms with van der Waals surface area (Å²) in [6, 6.07) is 10.5. The van der Waals surface area contributed by atoms with Gasteiger partial charge in [0.2, 0.25) is 5.91 Å². The summed E-state index contributed by atoms with van der Waals surface area (Å²) >= 11 is 3.06. The van der Waals surface area contributed by atoms with Crippen LogP contribution < -0.4 is 10.1 Å². The summed E-state index contributed by atoms with van der Waals surface area (Å²) in [6.07, 6.45) is 0. The smallest absolute Gasteiger partial charge is 0.341 e. The quantitative estimate of drug-likeness (QED) is 0.766. The number of hydrogen-bond donors (Lipinski definition) is 2.